The van der Waals surface area contributed by atoms with Gasteiger partial charge in [-0.3, -0.25) is 0 Å². The monoisotopic (exact) mass is 611 g/mol. The number of esters is 1. The van der Waals surface area contributed by atoms with Crippen molar-refractivity contribution in [2.45, 2.75) is 31.0 Å². The fourth-order valence-electron chi connectivity index (χ4n) is 5.56. The van der Waals surface area contributed by atoms with Gasteiger partial charge in [-0.15, -0.1) is 0 Å². The molecule has 7 nitrogen and oxygen atoms in total. The van der Waals surface area contributed by atoms with Gasteiger partial charge < -0.3 is 18.6 Å². The molecule has 224 valence electrons. The predicted molar refractivity (Wildman–Crippen MR) is 157 cm³/mol. The molecular formula is C32H28F3NO6S. The van der Waals surface area contributed by atoms with E-state index in [1.165, 1.54) is 13.2 Å². The smallest absolute Gasteiger partial charge is 0.379 e. The van der Waals surface area contributed by atoms with Crippen LogP contribution in [0.3, 0.4) is 0 Å². The molecule has 0 aromatic heterocycles. The van der Waals surface area contributed by atoms with Crippen LogP contribution in [0.1, 0.15) is 40.9 Å². The molecule has 4 aromatic carbocycles. The highest BCUT2D eigenvalue weighted by Crippen LogP contribution is 2.54. The molecule has 0 N–H and O–H groups in total. The molecule has 2 heterocycles. The summed E-state index contributed by atoms with van der Waals surface area (Å²) < 4.78 is 73.4. The van der Waals surface area contributed by atoms with E-state index in [1.54, 1.807) is 30.3 Å². The third kappa shape index (κ3) is 5.18. The zero-order valence-electron chi connectivity index (χ0n) is 23.5. The summed E-state index contributed by atoms with van der Waals surface area (Å²) in [6.45, 7) is 2.22. The number of carbonyl (C=O) groups is 1. The van der Waals surface area contributed by atoms with Crippen molar-refractivity contribution in [3.63, 3.8) is 0 Å². The summed E-state index contributed by atoms with van der Waals surface area (Å²) in [5.41, 5.74) is 1.43. The topological polar surface area (TPSA) is 82.1 Å². The molecule has 0 spiro atoms. The summed E-state index contributed by atoms with van der Waals surface area (Å²) in [5, 5.41) is 1.57. The Morgan fingerprint density at radius 1 is 0.953 bits per heavy atom. The Hall–Kier alpha value is -4.51. The maximum absolute atomic E-state index is 13.3. The first-order valence-corrected chi connectivity index (χ1v) is 14.8. The third-order valence-electron chi connectivity index (χ3n) is 7.46. The molecule has 0 radical (unpaired) electrons. The molecule has 2 aliphatic rings. The lowest BCUT2D eigenvalue weighted by atomic mass is 9.80. The lowest BCUT2D eigenvalue weighted by Crippen LogP contribution is -2.44. The zero-order valence-corrected chi connectivity index (χ0v) is 24.3. The number of alkyl halides is 3. The van der Waals surface area contributed by atoms with E-state index in [0.717, 1.165) is 29.5 Å². The standard InChI is InChI=1S/C31H27NO6S.CHF3/c1-4-32(5-2)22-16-14-21(15-17-22)31-26-12-8-9-13-27(26)39(34,35)38-28(31)19-24-25(30(33)36-3)18-20-10-6-7-11-23(20)29(24)37-31;2-1(3)4/h6-19H,4-5H2,1-3H3;1H. The Labute approximate surface area is 247 Å². The van der Waals surface area contributed by atoms with Crippen LogP contribution >= 0.6 is 0 Å². The molecule has 0 saturated carbocycles. The average Bonchev–Trinajstić information content (AvgIpc) is 3.00. The summed E-state index contributed by atoms with van der Waals surface area (Å²) in [6.07, 6.45) is 1.60. The number of hydrogen-bond acceptors (Lipinski definition) is 7. The second kappa shape index (κ2) is 11.6. The van der Waals surface area contributed by atoms with Crippen LogP contribution in [0.25, 0.3) is 16.8 Å². The van der Waals surface area contributed by atoms with Crippen molar-refractivity contribution < 1.29 is 40.0 Å². The average molecular weight is 612 g/mol. The zero-order chi connectivity index (χ0) is 30.9. The van der Waals surface area contributed by atoms with Crippen molar-refractivity contribution in [3.05, 3.63) is 107 Å². The predicted octanol–water partition coefficient (Wildman–Crippen LogP) is 7.05. The number of rotatable bonds is 5. The van der Waals surface area contributed by atoms with Crippen LogP contribution in [0, 0.1) is 0 Å². The lowest BCUT2D eigenvalue weighted by molar-refractivity contribution is 0.00817. The number of ether oxygens (including phenoxy) is 2. The molecule has 0 aliphatic carbocycles. The fraction of sp³-hybridized carbons (Fsp3) is 0.219. The number of fused-ring (bicyclic) bond motifs is 6. The first-order chi connectivity index (χ1) is 20.6. The molecule has 6 rings (SSSR count). The van der Waals surface area contributed by atoms with E-state index in [2.05, 4.69) is 18.7 Å². The minimum atomic E-state index is -4.14. The Morgan fingerprint density at radius 3 is 2.23 bits per heavy atom. The van der Waals surface area contributed by atoms with Crippen LogP contribution in [0.2, 0.25) is 0 Å². The number of carbonyl (C=O) groups excluding carboxylic acids is 1. The van der Waals surface area contributed by atoms with E-state index in [9.17, 15) is 26.4 Å². The molecule has 0 bridgehead atoms. The minimum absolute atomic E-state index is 0.0341. The van der Waals surface area contributed by atoms with E-state index in [-0.39, 0.29) is 16.2 Å². The van der Waals surface area contributed by atoms with Gasteiger partial charge in [0.25, 0.3) is 0 Å². The van der Waals surface area contributed by atoms with Gasteiger partial charge in [-0.05, 0) is 49.6 Å². The SMILES string of the molecule is CCN(CC)c1ccc(C23Oc4c(c(C(=O)OC)cc5ccccc45)C=C2OS(=O)(=O)c2ccccc23)cc1.FC(F)F. The van der Waals surface area contributed by atoms with Gasteiger partial charge in [0.05, 0.1) is 12.7 Å². The number of halogens is 3. The van der Waals surface area contributed by atoms with Crippen LogP contribution in [0.5, 0.6) is 5.75 Å². The fourth-order valence-corrected chi connectivity index (χ4v) is 6.78. The first-order valence-electron chi connectivity index (χ1n) is 13.4. The number of nitrogens with zero attached hydrogens (tertiary/aromatic N) is 1. The molecule has 0 saturated heterocycles. The summed E-state index contributed by atoms with van der Waals surface area (Å²) in [4.78, 5) is 15.1. The molecule has 2 aliphatic heterocycles. The van der Waals surface area contributed by atoms with Crippen LogP contribution in [-0.2, 0) is 24.6 Å². The molecule has 11 heteroatoms. The quantitative estimate of drug-likeness (QED) is 0.177. The van der Waals surface area contributed by atoms with Gasteiger partial charge in [0.1, 0.15) is 10.6 Å². The van der Waals surface area contributed by atoms with Gasteiger partial charge in [-0.2, -0.15) is 21.6 Å². The largest absolute Gasteiger partial charge is 0.468 e. The maximum atomic E-state index is 13.3. The van der Waals surface area contributed by atoms with Crippen molar-refractivity contribution in [2.24, 2.45) is 0 Å². The van der Waals surface area contributed by atoms with Gasteiger partial charge in [-0.25, -0.2) is 4.79 Å². The van der Waals surface area contributed by atoms with E-state index in [0.29, 0.717) is 22.4 Å². The van der Waals surface area contributed by atoms with E-state index in [4.69, 9.17) is 13.7 Å². The number of benzene rings is 4. The Morgan fingerprint density at radius 2 is 1.58 bits per heavy atom. The molecule has 0 amide bonds. The lowest BCUT2D eigenvalue weighted by Gasteiger charge is -2.43. The molecule has 43 heavy (non-hydrogen) atoms. The van der Waals surface area contributed by atoms with Crippen LogP contribution in [-0.4, -0.2) is 41.3 Å². The maximum Gasteiger partial charge on any atom is 0.379 e. The van der Waals surface area contributed by atoms with Crippen molar-refractivity contribution in [1.29, 1.82) is 0 Å². The number of anilines is 1. The summed E-state index contributed by atoms with van der Waals surface area (Å²) >= 11 is 0. The van der Waals surface area contributed by atoms with Gasteiger partial charge in [0, 0.05) is 40.9 Å². The highest BCUT2D eigenvalue weighted by molar-refractivity contribution is 7.87. The normalized spacial score (nSPS) is 17.6. The summed E-state index contributed by atoms with van der Waals surface area (Å²) in [7, 11) is -2.84. The van der Waals surface area contributed by atoms with Gasteiger partial charge in [0.15, 0.2) is 5.76 Å². The third-order valence-corrected chi connectivity index (χ3v) is 8.75. The molecule has 0 fully saturated rings. The summed E-state index contributed by atoms with van der Waals surface area (Å²) in [5.74, 6) is -0.0555. The van der Waals surface area contributed by atoms with Gasteiger partial charge in [0.2, 0.25) is 5.60 Å². The number of hydrogen-bond donors (Lipinski definition) is 0. The summed E-state index contributed by atoms with van der Waals surface area (Å²) in [6, 6.07) is 23.9. The van der Waals surface area contributed by atoms with Gasteiger partial charge >= 0.3 is 22.8 Å². The van der Waals surface area contributed by atoms with E-state index >= 15 is 0 Å². The van der Waals surface area contributed by atoms with Crippen LogP contribution < -0.4 is 9.64 Å². The molecule has 4 aromatic rings. The van der Waals surface area contributed by atoms with Crippen molar-refractivity contribution >= 4 is 38.6 Å². The van der Waals surface area contributed by atoms with E-state index < -0.39 is 28.4 Å². The minimum Gasteiger partial charge on any atom is -0.468 e. The first kappa shape index (κ1) is 30.0. The van der Waals surface area contributed by atoms with Gasteiger partial charge in [-0.1, -0.05) is 54.6 Å². The van der Waals surface area contributed by atoms with Crippen molar-refractivity contribution in [1.82, 2.24) is 0 Å². The molecular weight excluding hydrogens is 583 g/mol. The van der Waals surface area contributed by atoms with Crippen LogP contribution in [0.15, 0.2) is 89.5 Å². The second-order valence-corrected chi connectivity index (χ2v) is 11.2. The van der Waals surface area contributed by atoms with E-state index in [1.807, 2.05) is 48.5 Å². The Balaban J connectivity index is 0.000000868. The second-order valence-electron chi connectivity index (χ2n) is 9.67. The number of methoxy groups -OCH3 is 1. The molecule has 1 unspecified atom stereocenters. The highest BCUT2D eigenvalue weighted by Gasteiger charge is 2.54. The van der Waals surface area contributed by atoms with Crippen molar-refractivity contribution in [3.8, 4) is 5.75 Å². The molecule has 1 atom stereocenters. The Bertz CT molecular complexity index is 1820. The Kier molecular flexibility index (Phi) is 8.11. The van der Waals surface area contributed by atoms with Crippen molar-refractivity contribution in [2.75, 3.05) is 25.1 Å². The highest BCUT2D eigenvalue weighted by atomic mass is 32.2. The van der Waals surface area contributed by atoms with Crippen LogP contribution in [0.4, 0.5) is 18.9 Å².